The molecule has 0 unspecified atom stereocenters. The molecular formula is C12H11N9O2. The third-order valence-corrected chi connectivity index (χ3v) is 3.65. The fourth-order valence-corrected chi connectivity index (χ4v) is 2.66. The van der Waals surface area contributed by atoms with Crippen LogP contribution in [0.3, 0.4) is 0 Å². The molecule has 0 saturated carbocycles. The Labute approximate surface area is 128 Å². The molecule has 0 bridgehead atoms. The van der Waals surface area contributed by atoms with E-state index in [4.69, 9.17) is 0 Å². The summed E-state index contributed by atoms with van der Waals surface area (Å²) in [5.74, 6) is 0.220. The van der Waals surface area contributed by atoms with E-state index in [9.17, 15) is 10.1 Å². The number of hydrogen-bond donors (Lipinski definition) is 0. The normalized spacial score (nSPS) is 11.6. The van der Waals surface area contributed by atoms with E-state index in [1.54, 1.807) is 31.9 Å². The van der Waals surface area contributed by atoms with Crippen LogP contribution < -0.4 is 0 Å². The highest BCUT2D eigenvalue weighted by Crippen LogP contribution is 2.30. The molecular weight excluding hydrogens is 302 g/mol. The Morgan fingerprint density at radius 1 is 1.17 bits per heavy atom. The van der Waals surface area contributed by atoms with Gasteiger partial charge in [-0.3, -0.25) is 19.5 Å². The first-order chi connectivity index (χ1) is 11.0. The fourth-order valence-electron chi connectivity index (χ4n) is 2.66. The van der Waals surface area contributed by atoms with Gasteiger partial charge in [0.25, 0.3) is 0 Å². The van der Waals surface area contributed by atoms with Crippen LogP contribution in [0.2, 0.25) is 0 Å². The summed E-state index contributed by atoms with van der Waals surface area (Å²) < 4.78 is 4.52. The molecule has 4 heterocycles. The maximum Gasteiger partial charge on any atom is 0.321 e. The van der Waals surface area contributed by atoms with Gasteiger partial charge < -0.3 is 0 Å². The molecule has 23 heavy (non-hydrogen) atoms. The van der Waals surface area contributed by atoms with Crippen LogP contribution in [0, 0.1) is 17.0 Å². The molecule has 0 N–H and O–H groups in total. The van der Waals surface area contributed by atoms with Crippen molar-refractivity contribution in [2.45, 2.75) is 6.92 Å². The van der Waals surface area contributed by atoms with Crippen molar-refractivity contribution in [3.05, 3.63) is 28.3 Å². The average molecular weight is 313 g/mol. The van der Waals surface area contributed by atoms with Crippen molar-refractivity contribution >= 4 is 22.4 Å². The number of aromatic nitrogens is 8. The molecule has 0 saturated heterocycles. The average Bonchev–Trinajstić information content (AvgIpc) is 3.13. The molecule has 0 aliphatic heterocycles. The smallest absolute Gasteiger partial charge is 0.258 e. The van der Waals surface area contributed by atoms with Gasteiger partial charge in [0, 0.05) is 14.1 Å². The number of nitrogens with zero attached hydrogens (tertiary/aromatic N) is 9. The van der Waals surface area contributed by atoms with Crippen LogP contribution in [0.1, 0.15) is 5.69 Å². The summed E-state index contributed by atoms with van der Waals surface area (Å²) in [6.45, 7) is 1.58. The molecule has 0 radical (unpaired) electrons. The molecule has 0 aliphatic carbocycles. The molecule has 0 fully saturated rings. The zero-order valence-corrected chi connectivity index (χ0v) is 12.5. The van der Waals surface area contributed by atoms with E-state index in [1.807, 2.05) is 0 Å². The second-order valence-electron chi connectivity index (χ2n) is 5.12. The minimum absolute atomic E-state index is 0.0983. The Hall–Kier alpha value is -3.37. The van der Waals surface area contributed by atoms with Gasteiger partial charge in [-0.2, -0.15) is 10.2 Å². The summed E-state index contributed by atoms with van der Waals surface area (Å²) >= 11 is 0. The first kappa shape index (κ1) is 13.3. The molecule has 11 heteroatoms. The largest absolute Gasteiger partial charge is 0.321 e. The molecule has 4 aromatic rings. The van der Waals surface area contributed by atoms with Crippen LogP contribution in [0.15, 0.2) is 12.5 Å². The van der Waals surface area contributed by atoms with Crippen LogP contribution in [0.4, 0.5) is 5.69 Å². The number of nitro groups is 1. The summed E-state index contributed by atoms with van der Waals surface area (Å²) in [6.07, 6.45) is 3.14. The SMILES string of the molecule is Cc1nn(C)c(-c2nc3c4cnn(C)c4ncn3n2)c1[N+](=O)[O-]. The van der Waals surface area contributed by atoms with Gasteiger partial charge in [0.1, 0.15) is 12.0 Å². The minimum atomic E-state index is -0.471. The zero-order valence-electron chi connectivity index (χ0n) is 12.5. The van der Waals surface area contributed by atoms with Crippen LogP contribution in [-0.4, -0.2) is 44.1 Å². The third kappa shape index (κ3) is 1.73. The van der Waals surface area contributed by atoms with Gasteiger partial charge in [-0.15, -0.1) is 5.10 Å². The molecule has 0 aliphatic rings. The molecule has 11 nitrogen and oxygen atoms in total. The van der Waals surface area contributed by atoms with Gasteiger partial charge >= 0.3 is 5.69 Å². The van der Waals surface area contributed by atoms with Crippen molar-refractivity contribution in [1.29, 1.82) is 0 Å². The van der Waals surface area contributed by atoms with Gasteiger partial charge in [-0.05, 0) is 6.92 Å². The monoisotopic (exact) mass is 313 g/mol. The van der Waals surface area contributed by atoms with Crippen molar-refractivity contribution < 1.29 is 4.92 Å². The van der Waals surface area contributed by atoms with E-state index in [1.165, 1.54) is 15.5 Å². The topological polar surface area (TPSA) is 122 Å². The standard InChI is InChI=1S/C12H11N9O2/c1-6-8(21(22)23)9(18(2)16-6)10-15-12-7-4-14-19(3)11(7)13-5-20(12)17-10/h4-5H,1-3H3. The molecule has 4 rings (SSSR count). The fraction of sp³-hybridized carbons (Fsp3) is 0.250. The number of rotatable bonds is 2. The van der Waals surface area contributed by atoms with Crippen LogP contribution in [0.5, 0.6) is 0 Å². The van der Waals surface area contributed by atoms with E-state index < -0.39 is 4.92 Å². The van der Waals surface area contributed by atoms with Crippen molar-refractivity contribution in [2.24, 2.45) is 14.1 Å². The van der Waals surface area contributed by atoms with E-state index >= 15 is 0 Å². The first-order valence-electron chi connectivity index (χ1n) is 6.69. The van der Waals surface area contributed by atoms with E-state index in [0.717, 1.165) is 5.39 Å². The number of aryl methyl sites for hydroxylation is 3. The molecule has 0 amide bonds. The van der Waals surface area contributed by atoms with Crippen molar-refractivity contribution in [2.75, 3.05) is 0 Å². The summed E-state index contributed by atoms with van der Waals surface area (Å²) in [5.41, 5.74) is 1.67. The molecule has 0 spiro atoms. The first-order valence-corrected chi connectivity index (χ1v) is 6.69. The lowest BCUT2D eigenvalue weighted by atomic mass is 10.3. The van der Waals surface area contributed by atoms with Crippen LogP contribution in [0.25, 0.3) is 28.2 Å². The molecule has 116 valence electrons. The third-order valence-electron chi connectivity index (χ3n) is 3.65. The Balaban J connectivity index is 2.04. The quantitative estimate of drug-likeness (QED) is 0.393. The highest BCUT2D eigenvalue weighted by atomic mass is 16.6. The predicted molar refractivity (Wildman–Crippen MR) is 78.6 cm³/mol. The number of hydrogen-bond acceptors (Lipinski definition) is 7. The van der Waals surface area contributed by atoms with Gasteiger partial charge in [-0.1, -0.05) is 0 Å². The molecule has 4 aromatic heterocycles. The van der Waals surface area contributed by atoms with Crippen LogP contribution >= 0.6 is 0 Å². The van der Waals surface area contributed by atoms with Crippen molar-refractivity contribution in [3.8, 4) is 11.5 Å². The van der Waals surface area contributed by atoms with Crippen molar-refractivity contribution in [3.63, 3.8) is 0 Å². The van der Waals surface area contributed by atoms with E-state index in [-0.39, 0.29) is 17.2 Å². The lowest BCUT2D eigenvalue weighted by Gasteiger charge is -1.94. The van der Waals surface area contributed by atoms with E-state index in [0.29, 0.717) is 17.0 Å². The molecule has 0 atom stereocenters. The maximum atomic E-state index is 11.3. The second-order valence-corrected chi connectivity index (χ2v) is 5.12. The second kappa shape index (κ2) is 4.32. The van der Waals surface area contributed by atoms with Gasteiger partial charge in [0.15, 0.2) is 17.0 Å². The van der Waals surface area contributed by atoms with Gasteiger partial charge in [0.05, 0.1) is 16.5 Å². The predicted octanol–water partition coefficient (Wildman–Crippen LogP) is 0.628. The number of fused-ring (bicyclic) bond motifs is 3. The van der Waals surface area contributed by atoms with Crippen LogP contribution in [-0.2, 0) is 14.1 Å². The molecule has 0 aromatic carbocycles. The highest BCUT2D eigenvalue weighted by molar-refractivity contribution is 5.89. The van der Waals surface area contributed by atoms with E-state index in [2.05, 4.69) is 25.3 Å². The van der Waals surface area contributed by atoms with Gasteiger partial charge in [-0.25, -0.2) is 14.5 Å². The lowest BCUT2D eigenvalue weighted by Crippen LogP contribution is -1.98. The maximum absolute atomic E-state index is 11.3. The minimum Gasteiger partial charge on any atom is -0.258 e. The lowest BCUT2D eigenvalue weighted by molar-refractivity contribution is -0.384. The van der Waals surface area contributed by atoms with Gasteiger partial charge in [0.2, 0.25) is 5.82 Å². The zero-order chi connectivity index (χ0) is 16.3. The Bertz CT molecular complexity index is 1090. The Morgan fingerprint density at radius 2 is 1.96 bits per heavy atom. The highest BCUT2D eigenvalue weighted by Gasteiger charge is 2.28. The summed E-state index contributed by atoms with van der Waals surface area (Å²) in [4.78, 5) is 19.6. The summed E-state index contributed by atoms with van der Waals surface area (Å²) in [7, 11) is 3.40. The Morgan fingerprint density at radius 3 is 2.70 bits per heavy atom. The summed E-state index contributed by atoms with van der Waals surface area (Å²) in [6, 6.07) is 0. The Kier molecular flexibility index (Phi) is 2.50. The summed E-state index contributed by atoms with van der Waals surface area (Å²) in [5, 5.41) is 24.6. The van der Waals surface area contributed by atoms with Crippen molar-refractivity contribution in [1.82, 2.24) is 39.1 Å².